The maximum Gasteiger partial charge on any atom is 0.0472 e. The summed E-state index contributed by atoms with van der Waals surface area (Å²) < 4.78 is 0. The highest BCUT2D eigenvalue weighted by molar-refractivity contribution is 6.31. The zero-order chi connectivity index (χ0) is 13.9. The fourth-order valence-corrected chi connectivity index (χ4v) is 2.58. The van der Waals surface area contributed by atoms with Crippen LogP contribution >= 0.6 is 11.6 Å². The van der Waals surface area contributed by atoms with E-state index in [1.807, 2.05) is 18.3 Å². The zero-order valence-electron chi connectivity index (χ0n) is 11.4. The van der Waals surface area contributed by atoms with Gasteiger partial charge in [-0.15, -0.1) is 0 Å². The molecule has 0 fully saturated rings. The van der Waals surface area contributed by atoms with Crippen LogP contribution in [0.3, 0.4) is 0 Å². The molecule has 0 spiro atoms. The van der Waals surface area contributed by atoms with Crippen LogP contribution < -0.4 is 5.32 Å². The minimum absolute atomic E-state index is 0.759. The molecule has 0 aliphatic rings. The molecule has 1 heterocycles. The molecule has 0 unspecified atom stereocenters. The lowest BCUT2D eigenvalue weighted by Crippen LogP contribution is -1.99. The molecule has 2 nitrogen and oxygen atoms in total. The van der Waals surface area contributed by atoms with Gasteiger partial charge in [0.25, 0.3) is 0 Å². The molecule has 0 aliphatic heterocycles. The highest BCUT2D eigenvalue weighted by Crippen LogP contribution is 2.23. The third-order valence-corrected chi connectivity index (χ3v) is 3.78. The average molecular weight is 285 g/mol. The van der Waals surface area contributed by atoms with Crippen LogP contribution in [0.25, 0.3) is 10.9 Å². The number of aromatic nitrogens is 1. The van der Waals surface area contributed by atoms with Crippen LogP contribution in [0.15, 0.2) is 48.7 Å². The van der Waals surface area contributed by atoms with E-state index in [9.17, 15) is 0 Å². The predicted molar refractivity (Wildman–Crippen MR) is 86.5 cm³/mol. The fraction of sp³-hybridized carbons (Fsp3) is 0.176. The number of benzene rings is 2. The molecule has 0 bridgehead atoms. The summed E-state index contributed by atoms with van der Waals surface area (Å²) in [4.78, 5) is 3.26. The largest absolute Gasteiger partial charge is 0.381 e. The third-order valence-electron chi connectivity index (χ3n) is 3.55. The van der Waals surface area contributed by atoms with Crippen LogP contribution in [0.1, 0.15) is 18.1 Å². The first-order valence-electron chi connectivity index (χ1n) is 6.84. The first kappa shape index (κ1) is 13.1. The quantitative estimate of drug-likeness (QED) is 0.693. The number of hydrogen-bond acceptors (Lipinski definition) is 1. The lowest BCUT2D eigenvalue weighted by atomic mass is 10.1. The predicted octanol–water partition coefficient (Wildman–Crippen LogP) is 5.00. The van der Waals surface area contributed by atoms with Crippen LogP contribution in [0.4, 0.5) is 5.69 Å². The molecular weight excluding hydrogens is 268 g/mol. The summed E-state index contributed by atoms with van der Waals surface area (Å²) in [5.41, 5.74) is 4.84. The maximum absolute atomic E-state index is 6.00. The van der Waals surface area contributed by atoms with Gasteiger partial charge in [-0.25, -0.2) is 0 Å². The Morgan fingerprint density at radius 1 is 1.15 bits per heavy atom. The first-order chi connectivity index (χ1) is 9.76. The van der Waals surface area contributed by atoms with Gasteiger partial charge in [-0.2, -0.15) is 0 Å². The number of H-pyrrole nitrogens is 1. The van der Waals surface area contributed by atoms with E-state index in [0.29, 0.717) is 0 Å². The summed E-state index contributed by atoms with van der Waals surface area (Å²) in [6, 6.07) is 14.5. The van der Waals surface area contributed by atoms with Crippen LogP contribution in [0, 0.1) is 0 Å². The molecule has 3 rings (SSSR count). The molecule has 2 aromatic carbocycles. The van der Waals surface area contributed by atoms with Crippen molar-refractivity contribution in [3.05, 3.63) is 64.8 Å². The molecule has 3 aromatic rings. The third kappa shape index (κ3) is 2.66. The molecule has 0 saturated heterocycles. The number of halogens is 1. The van der Waals surface area contributed by atoms with Gasteiger partial charge in [-0.1, -0.05) is 36.7 Å². The van der Waals surface area contributed by atoms with Gasteiger partial charge in [0.05, 0.1) is 0 Å². The van der Waals surface area contributed by atoms with E-state index in [-0.39, 0.29) is 0 Å². The topological polar surface area (TPSA) is 27.8 Å². The maximum atomic E-state index is 6.00. The van der Waals surface area contributed by atoms with Gasteiger partial charge in [-0.05, 0) is 41.8 Å². The van der Waals surface area contributed by atoms with Gasteiger partial charge < -0.3 is 10.3 Å². The van der Waals surface area contributed by atoms with Crippen LogP contribution in [0.5, 0.6) is 0 Å². The molecule has 3 heteroatoms. The summed E-state index contributed by atoms with van der Waals surface area (Å²) >= 11 is 6.00. The Morgan fingerprint density at radius 3 is 2.90 bits per heavy atom. The normalized spacial score (nSPS) is 10.9. The lowest BCUT2D eigenvalue weighted by molar-refractivity contribution is 1.12. The number of fused-ring (bicyclic) bond motifs is 1. The average Bonchev–Trinajstić information content (AvgIpc) is 2.87. The van der Waals surface area contributed by atoms with Crippen LogP contribution in [-0.4, -0.2) is 4.98 Å². The highest BCUT2D eigenvalue weighted by atomic mass is 35.5. The van der Waals surface area contributed by atoms with Crippen molar-refractivity contribution in [3.63, 3.8) is 0 Å². The van der Waals surface area contributed by atoms with E-state index in [1.165, 1.54) is 16.5 Å². The Labute approximate surface area is 123 Å². The molecule has 0 atom stereocenters. The summed E-state index contributed by atoms with van der Waals surface area (Å²) in [7, 11) is 0. The summed E-state index contributed by atoms with van der Waals surface area (Å²) in [6.07, 6.45) is 3.10. The van der Waals surface area contributed by atoms with Crippen molar-refractivity contribution in [2.45, 2.75) is 19.9 Å². The number of rotatable bonds is 4. The van der Waals surface area contributed by atoms with Gasteiger partial charge in [-0.3, -0.25) is 0 Å². The summed E-state index contributed by atoms with van der Waals surface area (Å²) in [5.74, 6) is 0. The van der Waals surface area contributed by atoms with Crippen molar-refractivity contribution in [1.29, 1.82) is 0 Å². The molecular formula is C17H17ClN2. The van der Waals surface area contributed by atoms with Crippen molar-refractivity contribution in [2.24, 2.45) is 0 Å². The number of hydrogen-bond donors (Lipinski definition) is 2. The zero-order valence-corrected chi connectivity index (χ0v) is 12.2. The molecule has 20 heavy (non-hydrogen) atoms. The molecule has 0 saturated carbocycles. The van der Waals surface area contributed by atoms with Gasteiger partial charge in [0, 0.05) is 34.4 Å². The van der Waals surface area contributed by atoms with Crippen molar-refractivity contribution in [2.75, 3.05) is 5.32 Å². The Morgan fingerprint density at radius 2 is 2.05 bits per heavy atom. The highest BCUT2D eigenvalue weighted by Gasteiger charge is 2.04. The van der Waals surface area contributed by atoms with E-state index in [4.69, 9.17) is 11.6 Å². The number of anilines is 1. The molecule has 0 amide bonds. The molecule has 0 aliphatic carbocycles. The van der Waals surface area contributed by atoms with Crippen molar-refractivity contribution < 1.29 is 0 Å². The second kappa shape index (κ2) is 5.59. The number of aryl methyl sites for hydroxylation is 1. The van der Waals surface area contributed by atoms with Gasteiger partial charge in [0.15, 0.2) is 0 Å². The van der Waals surface area contributed by atoms with Crippen molar-refractivity contribution >= 4 is 28.2 Å². The van der Waals surface area contributed by atoms with E-state index in [2.05, 4.69) is 47.6 Å². The van der Waals surface area contributed by atoms with Gasteiger partial charge in [0.2, 0.25) is 0 Å². The second-order valence-electron chi connectivity index (χ2n) is 4.91. The minimum Gasteiger partial charge on any atom is -0.381 e. The standard InChI is InChI=1S/C17H17ClN2/c1-2-12-4-3-5-15(8-12)19-10-13-11-20-17-9-14(18)6-7-16(13)17/h3-9,11,19-20H,2,10H2,1H3. The van der Waals surface area contributed by atoms with Crippen molar-refractivity contribution in [3.8, 4) is 0 Å². The summed E-state index contributed by atoms with van der Waals surface area (Å²) in [6.45, 7) is 2.97. The SMILES string of the molecule is CCc1cccc(NCc2c[nH]c3cc(Cl)ccc23)c1. The molecule has 102 valence electrons. The van der Waals surface area contributed by atoms with Crippen molar-refractivity contribution in [1.82, 2.24) is 4.98 Å². The smallest absolute Gasteiger partial charge is 0.0472 e. The lowest BCUT2D eigenvalue weighted by Gasteiger charge is -2.07. The molecule has 2 N–H and O–H groups in total. The molecule has 1 aromatic heterocycles. The Hall–Kier alpha value is -1.93. The van der Waals surface area contributed by atoms with E-state index in [1.54, 1.807) is 0 Å². The Kier molecular flexibility index (Phi) is 3.66. The van der Waals surface area contributed by atoms with Crippen LogP contribution in [0.2, 0.25) is 5.02 Å². The van der Waals surface area contributed by atoms with E-state index < -0.39 is 0 Å². The summed E-state index contributed by atoms with van der Waals surface area (Å²) in [5, 5.41) is 5.45. The fourth-order valence-electron chi connectivity index (χ4n) is 2.40. The van der Waals surface area contributed by atoms with Gasteiger partial charge in [0.1, 0.15) is 0 Å². The number of aromatic amines is 1. The minimum atomic E-state index is 0.759. The first-order valence-corrected chi connectivity index (χ1v) is 7.22. The Balaban J connectivity index is 1.79. The number of nitrogens with one attached hydrogen (secondary N) is 2. The van der Waals surface area contributed by atoms with E-state index >= 15 is 0 Å². The van der Waals surface area contributed by atoms with E-state index in [0.717, 1.165) is 29.2 Å². The molecule has 0 radical (unpaired) electrons. The van der Waals surface area contributed by atoms with Gasteiger partial charge >= 0.3 is 0 Å². The Bertz CT molecular complexity index is 731. The monoisotopic (exact) mass is 284 g/mol. The second-order valence-corrected chi connectivity index (χ2v) is 5.35. The van der Waals surface area contributed by atoms with Crippen LogP contribution in [-0.2, 0) is 13.0 Å².